The van der Waals surface area contributed by atoms with E-state index in [1.165, 1.54) is 7.11 Å². The second-order valence-corrected chi connectivity index (χ2v) is 5.09. The van der Waals surface area contributed by atoms with Gasteiger partial charge >= 0.3 is 5.97 Å². The summed E-state index contributed by atoms with van der Waals surface area (Å²) in [6.45, 7) is 2.11. The average molecular weight is 308 g/mol. The first-order valence-corrected chi connectivity index (χ1v) is 7.89. The molecule has 0 aromatic heterocycles. The summed E-state index contributed by atoms with van der Waals surface area (Å²) in [5.74, 6) is -0.116. The second kappa shape index (κ2) is 14.3. The fraction of sp³-hybridized carbons (Fsp3) is 0.556. The molecule has 0 saturated heterocycles. The maximum atomic E-state index is 11.4. The van der Waals surface area contributed by atoms with Crippen LogP contribution in [0.25, 0.3) is 0 Å². The Bertz CT molecular complexity index is 394. The molecule has 0 amide bonds. The summed E-state index contributed by atoms with van der Waals surface area (Å²) in [5, 5.41) is 9.66. The summed E-state index contributed by atoms with van der Waals surface area (Å²) in [4.78, 5) is 22.3. The monoisotopic (exact) mass is 308 g/mol. The molecule has 0 aliphatic rings. The number of aliphatic hydroxyl groups is 1. The van der Waals surface area contributed by atoms with Gasteiger partial charge in [0.25, 0.3) is 0 Å². The number of hydrogen-bond donors (Lipinski definition) is 1. The van der Waals surface area contributed by atoms with Gasteiger partial charge in [0.2, 0.25) is 0 Å². The molecule has 0 bridgehead atoms. The number of hydrogen-bond acceptors (Lipinski definition) is 4. The van der Waals surface area contributed by atoms with Crippen LogP contribution in [0.1, 0.15) is 51.9 Å². The number of esters is 1. The van der Waals surface area contributed by atoms with Gasteiger partial charge < -0.3 is 9.84 Å². The molecule has 0 fully saturated rings. The first kappa shape index (κ1) is 20.3. The zero-order valence-electron chi connectivity index (χ0n) is 13.7. The van der Waals surface area contributed by atoms with Crippen LogP contribution in [-0.2, 0) is 14.3 Å². The zero-order valence-corrected chi connectivity index (χ0v) is 13.7. The Labute approximate surface area is 133 Å². The fourth-order valence-electron chi connectivity index (χ4n) is 1.77. The first-order chi connectivity index (χ1) is 10.6. The van der Waals surface area contributed by atoms with E-state index >= 15 is 0 Å². The Morgan fingerprint density at radius 1 is 1.05 bits per heavy atom. The summed E-state index contributed by atoms with van der Waals surface area (Å²) in [6, 6.07) is 0. The number of ketones is 1. The molecule has 0 saturated carbocycles. The van der Waals surface area contributed by atoms with Crippen molar-refractivity contribution in [2.75, 3.05) is 7.11 Å². The smallest absolute Gasteiger partial charge is 0.305 e. The van der Waals surface area contributed by atoms with Crippen molar-refractivity contribution in [2.24, 2.45) is 0 Å². The summed E-state index contributed by atoms with van der Waals surface area (Å²) >= 11 is 0. The minimum absolute atomic E-state index is 0.143. The third kappa shape index (κ3) is 13.3. The van der Waals surface area contributed by atoms with Gasteiger partial charge in [0.1, 0.15) is 0 Å². The highest BCUT2D eigenvalue weighted by atomic mass is 16.5. The molecule has 22 heavy (non-hydrogen) atoms. The Morgan fingerprint density at radius 3 is 2.45 bits per heavy atom. The minimum atomic E-state index is -0.575. The van der Waals surface area contributed by atoms with Crippen molar-refractivity contribution >= 4 is 11.8 Å². The summed E-state index contributed by atoms with van der Waals surface area (Å²) < 4.78 is 4.52. The number of allylic oxidation sites excluding steroid dienone is 5. The van der Waals surface area contributed by atoms with Crippen LogP contribution in [-0.4, -0.2) is 30.1 Å². The van der Waals surface area contributed by atoms with E-state index in [1.54, 1.807) is 36.5 Å². The van der Waals surface area contributed by atoms with Gasteiger partial charge in [0, 0.05) is 12.8 Å². The van der Waals surface area contributed by atoms with Gasteiger partial charge in [-0.15, -0.1) is 0 Å². The van der Waals surface area contributed by atoms with Crippen molar-refractivity contribution in [2.45, 2.75) is 58.0 Å². The third-order valence-electron chi connectivity index (χ3n) is 3.08. The van der Waals surface area contributed by atoms with E-state index in [4.69, 9.17) is 0 Å². The van der Waals surface area contributed by atoms with Crippen LogP contribution >= 0.6 is 0 Å². The third-order valence-corrected chi connectivity index (χ3v) is 3.08. The molecule has 0 aromatic carbocycles. The van der Waals surface area contributed by atoms with Crippen molar-refractivity contribution in [3.8, 4) is 0 Å². The summed E-state index contributed by atoms with van der Waals surface area (Å²) in [5.41, 5.74) is 0. The molecule has 1 atom stereocenters. The van der Waals surface area contributed by atoms with E-state index in [-0.39, 0.29) is 11.8 Å². The maximum Gasteiger partial charge on any atom is 0.305 e. The van der Waals surface area contributed by atoms with Crippen molar-refractivity contribution < 1.29 is 19.4 Å². The van der Waals surface area contributed by atoms with Gasteiger partial charge in [0.05, 0.1) is 13.2 Å². The second-order valence-electron chi connectivity index (χ2n) is 5.09. The van der Waals surface area contributed by atoms with Gasteiger partial charge in [0.15, 0.2) is 5.78 Å². The van der Waals surface area contributed by atoms with E-state index < -0.39 is 6.10 Å². The number of aliphatic hydroxyl groups excluding tert-OH is 1. The van der Waals surface area contributed by atoms with Crippen molar-refractivity contribution in [3.63, 3.8) is 0 Å². The number of rotatable bonds is 12. The molecule has 0 spiro atoms. The molecule has 0 aliphatic heterocycles. The van der Waals surface area contributed by atoms with Crippen molar-refractivity contribution in [1.82, 2.24) is 0 Å². The molecule has 0 aliphatic carbocycles. The highest BCUT2D eigenvalue weighted by molar-refractivity contribution is 5.89. The number of carbonyl (C=O) groups is 2. The molecule has 1 unspecified atom stereocenters. The van der Waals surface area contributed by atoms with Crippen LogP contribution in [0.5, 0.6) is 0 Å². The topological polar surface area (TPSA) is 63.6 Å². The van der Waals surface area contributed by atoms with Gasteiger partial charge in [-0.3, -0.25) is 9.59 Å². The van der Waals surface area contributed by atoms with E-state index in [1.807, 2.05) is 0 Å². The first-order valence-electron chi connectivity index (χ1n) is 7.89. The van der Waals surface area contributed by atoms with Crippen molar-refractivity contribution in [3.05, 3.63) is 36.5 Å². The SMILES string of the molecule is CCCCCC(=O)C=CC=CC=CC(O)CCCC(=O)OC. The normalized spacial score (nSPS) is 13.2. The molecule has 0 rings (SSSR count). The number of methoxy groups -OCH3 is 1. The van der Waals surface area contributed by atoms with E-state index in [2.05, 4.69) is 11.7 Å². The molecule has 124 valence electrons. The van der Waals surface area contributed by atoms with Gasteiger partial charge in [-0.2, -0.15) is 0 Å². The largest absolute Gasteiger partial charge is 0.469 e. The van der Waals surface area contributed by atoms with Crippen LogP contribution in [0, 0.1) is 0 Å². The standard InChI is InChI=1S/C18H28O4/c1-3-4-7-11-16(19)12-8-5-6-9-13-17(20)14-10-15-18(21)22-2/h5-6,8-9,12-13,17,20H,3-4,7,10-11,14-15H2,1-2H3. The highest BCUT2D eigenvalue weighted by Gasteiger charge is 2.02. The van der Waals surface area contributed by atoms with Crippen LogP contribution < -0.4 is 0 Å². The molecule has 0 aromatic rings. The van der Waals surface area contributed by atoms with E-state index in [9.17, 15) is 14.7 Å². The Kier molecular flexibility index (Phi) is 13.2. The number of unbranched alkanes of at least 4 members (excludes halogenated alkanes) is 2. The molecule has 4 heteroatoms. The number of carbonyl (C=O) groups excluding carboxylic acids is 2. The molecule has 4 nitrogen and oxygen atoms in total. The predicted molar refractivity (Wildman–Crippen MR) is 88.4 cm³/mol. The lowest BCUT2D eigenvalue weighted by atomic mass is 10.1. The molecule has 1 N–H and O–H groups in total. The Balaban J connectivity index is 3.81. The summed E-state index contributed by atoms with van der Waals surface area (Å²) in [7, 11) is 1.35. The molecular weight excluding hydrogens is 280 g/mol. The van der Waals surface area contributed by atoms with Crippen LogP contribution in [0.4, 0.5) is 0 Å². The average Bonchev–Trinajstić information content (AvgIpc) is 2.50. The quantitative estimate of drug-likeness (QED) is 0.259. The van der Waals surface area contributed by atoms with Gasteiger partial charge in [-0.05, 0) is 25.3 Å². The molecule has 0 heterocycles. The Hall–Kier alpha value is -1.68. The maximum absolute atomic E-state index is 11.4. The van der Waals surface area contributed by atoms with E-state index in [0.717, 1.165) is 19.3 Å². The van der Waals surface area contributed by atoms with Crippen LogP contribution in [0.2, 0.25) is 0 Å². The van der Waals surface area contributed by atoms with Crippen molar-refractivity contribution in [1.29, 1.82) is 0 Å². The molecule has 0 radical (unpaired) electrons. The lowest BCUT2D eigenvalue weighted by molar-refractivity contribution is -0.140. The van der Waals surface area contributed by atoms with Crippen LogP contribution in [0.3, 0.4) is 0 Å². The fourth-order valence-corrected chi connectivity index (χ4v) is 1.77. The Morgan fingerprint density at radius 2 is 1.77 bits per heavy atom. The lowest BCUT2D eigenvalue weighted by Crippen LogP contribution is -2.05. The van der Waals surface area contributed by atoms with Gasteiger partial charge in [-0.1, -0.05) is 50.1 Å². The van der Waals surface area contributed by atoms with E-state index in [0.29, 0.717) is 25.7 Å². The molecular formula is C18H28O4. The highest BCUT2D eigenvalue weighted by Crippen LogP contribution is 2.03. The lowest BCUT2D eigenvalue weighted by Gasteiger charge is -2.03. The minimum Gasteiger partial charge on any atom is -0.469 e. The van der Waals surface area contributed by atoms with Gasteiger partial charge in [-0.25, -0.2) is 0 Å². The predicted octanol–water partition coefficient (Wildman–Crippen LogP) is 3.51. The zero-order chi connectivity index (χ0) is 16.6. The number of ether oxygens (including phenoxy) is 1. The van der Waals surface area contributed by atoms with Crippen LogP contribution in [0.15, 0.2) is 36.5 Å². The summed E-state index contributed by atoms with van der Waals surface area (Å²) in [6.07, 6.45) is 14.8.